The number of rotatable bonds is 3. The molecule has 0 aliphatic carbocycles. The van der Waals surface area contributed by atoms with Gasteiger partial charge in [-0.1, -0.05) is 103 Å². The molecule has 1 unspecified atom stereocenters. The molecule has 3 nitrogen and oxygen atoms in total. The predicted octanol–water partition coefficient (Wildman–Crippen LogP) is 10.7. The molecule has 1 aliphatic rings. The molecule has 9 aromatic rings. The van der Waals surface area contributed by atoms with Crippen molar-refractivity contribution in [1.29, 1.82) is 0 Å². The van der Waals surface area contributed by atoms with Gasteiger partial charge in [-0.2, -0.15) is 0 Å². The van der Waals surface area contributed by atoms with Crippen molar-refractivity contribution in [2.45, 2.75) is 27.0 Å². The highest BCUT2D eigenvalue weighted by Crippen LogP contribution is 2.56. The lowest BCUT2D eigenvalue weighted by molar-refractivity contribution is 0.0936. The smallest absolute Gasteiger partial charge is 0.261 e. The Kier molecular flexibility index (Phi) is 4.94. The van der Waals surface area contributed by atoms with E-state index in [2.05, 4.69) is 104 Å². The van der Waals surface area contributed by atoms with Crippen LogP contribution in [0.15, 0.2) is 109 Å². The van der Waals surface area contributed by atoms with Crippen molar-refractivity contribution < 1.29 is 9.90 Å². The van der Waals surface area contributed by atoms with Gasteiger partial charge in [0.1, 0.15) is 0 Å². The SMILES string of the molecule is Cc1cc(C)c(N2C(=O)c3c(c4cc(-c5ccccc5)c5ccc6ccc7c(-c8ccccc8)cc3c3c7c6c5c43)C2O)c(C)c1. The molecule has 0 bridgehead atoms. The first-order valence-electron chi connectivity index (χ1n) is 15.9. The minimum Gasteiger partial charge on any atom is -0.369 e. The Morgan fingerprint density at radius 3 is 1.63 bits per heavy atom. The Morgan fingerprint density at radius 2 is 1.07 bits per heavy atom. The lowest BCUT2D eigenvalue weighted by atomic mass is 9.87. The molecule has 0 saturated heterocycles. The topological polar surface area (TPSA) is 40.5 Å². The van der Waals surface area contributed by atoms with Crippen LogP contribution in [0.25, 0.3) is 76.1 Å². The van der Waals surface area contributed by atoms with Crippen molar-refractivity contribution in [2.24, 2.45) is 0 Å². The summed E-state index contributed by atoms with van der Waals surface area (Å²) in [4.78, 5) is 16.5. The summed E-state index contributed by atoms with van der Waals surface area (Å²) in [5, 5.41) is 23.8. The van der Waals surface area contributed by atoms with E-state index in [0.717, 1.165) is 66.2 Å². The summed E-state index contributed by atoms with van der Waals surface area (Å²) in [6, 6.07) is 38.5. The third-order valence-corrected chi connectivity index (χ3v) is 10.4. The molecular weight excluding hydrogens is 562 g/mol. The van der Waals surface area contributed by atoms with Crippen LogP contribution in [0.1, 0.15) is 38.8 Å². The van der Waals surface area contributed by atoms with Crippen LogP contribution >= 0.6 is 0 Å². The van der Waals surface area contributed by atoms with Crippen LogP contribution in [0.5, 0.6) is 0 Å². The van der Waals surface area contributed by atoms with E-state index in [0.29, 0.717) is 11.1 Å². The number of carbonyl (C=O) groups excluding carboxylic acids is 1. The molecule has 218 valence electrons. The molecule has 1 atom stereocenters. The standard InChI is InChI=1S/C43H29NO2/c1-22-18-23(2)41(24(3)19-22)44-42(45)39-32-20-30(25-10-6-4-7-11-25)28-16-14-27-15-17-29-31(26-12-8-5-9-13-26)21-33(40(39)43(44)46)38-36(29)34(27)35(28)37(32)38/h4-21,42,45H,1-3H3. The fourth-order valence-corrected chi connectivity index (χ4v) is 8.80. The first-order valence-corrected chi connectivity index (χ1v) is 15.9. The summed E-state index contributed by atoms with van der Waals surface area (Å²) >= 11 is 0. The molecule has 3 heteroatoms. The van der Waals surface area contributed by atoms with E-state index < -0.39 is 6.23 Å². The van der Waals surface area contributed by atoms with Crippen LogP contribution in [0.2, 0.25) is 0 Å². The Morgan fingerprint density at radius 1 is 0.565 bits per heavy atom. The number of hydrogen-bond acceptors (Lipinski definition) is 2. The number of fused-ring (bicyclic) bond motifs is 3. The van der Waals surface area contributed by atoms with Gasteiger partial charge in [-0.05, 0) is 120 Å². The lowest BCUT2D eigenvalue weighted by Crippen LogP contribution is -2.29. The normalized spacial score (nSPS) is 15.2. The number of aryl methyl sites for hydroxylation is 3. The Bertz CT molecular complexity index is 2660. The second kappa shape index (κ2) is 8.81. The highest BCUT2D eigenvalue weighted by molar-refractivity contribution is 6.48. The third kappa shape index (κ3) is 3.08. The average molecular weight is 592 g/mol. The van der Waals surface area contributed by atoms with Crippen molar-refractivity contribution in [3.05, 3.63) is 137 Å². The Balaban J connectivity index is 1.44. The van der Waals surface area contributed by atoms with E-state index in [1.54, 1.807) is 4.90 Å². The number of anilines is 1. The van der Waals surface area contributed by atoms with Crippen molar-refractivity contribution >= 4 is 65.5 Å². The van der Waals surface area contributed by atoms with Gasteiger partial charge in [0.25, 0.3) is 5.91 Å². The monoisotopic (exact) mass is 591 g/mol. The number of aliphatic hydroxyl groups excluding tert-OH is 1. The molecule has 9 aromatic carbocycles. The highest BCUT2D eigenvalue weighted by atomic mass is 16.3. The summed E-state index contributed by atoms with van der Waals surface area (Å²) in [5.41, 5.74) is 9.63. The molecule has 0 radical (unpaired) electrons. The number of hydrogen-bond donors (Lipinski definition) is 1. The molecule has 0 fully saturated rings. The quantitative estimate of drug-likeness (QED) is 0.208. The number of benzene rings is 8. The van der Waals surface area contributed by atoms with Gasteiger partial charge in [0, 0.05) is 5.56 Å². The van der Waals surface area contributed by atoms with Gasteiger partial charge in [0.05, 0.1) is 11.3 Å². The fourth-order valence-electron chi connectivity index (χ4n) is 8.80. The van der Waals surface area contributed by atoms with Gasteiger partial charge in [0.15, 0.2) is 6.23 Å². The van der Waals surface area contributed by atoms with Crippen molar-refractivity contribution in [3.8, 4) is 22.3 Å². The van der Waals surface area contributed by atoms with Gasteiger partial charge < -0.3 is 5.11 Å². The molecule has 10 rings (SSSR count). The molecule has 1 heterocycles. The van der Waals surface area contributed by atoms with Gasteiger partial charge in [-0.25, -0.2) is 0 Å². The van der Waals surface area contributed by atoms with Gasteiger partial charge in [-0.15, -0.1) is 0 Å². The minimum absolute atomic E-state index is 0.151. The summed E-state index contributed by atoms with van der Waals surface area (Å²) < 4.78 is 0. The van der Waals surface area contributed by atoms with E-state index in [4.69, 9.17) is 0 Å². The maximum absolute atomic E-state index is 14.9. The lowest BCUT2D eigenvalue weighted by Gasteiger charge is -2.25. The molecule has 0 aromatic heterocycles. The van der Waals surface area contributed by atoms with Crippen LogP contribution in [0, 0.1) is 20.8 Å². The zero-order valence-electron chi connectivity index (χ0n) is 25.8. The first kappa shape index (κ1) is 25.8. The third-order valence-electron chi connectivity index (χ3n) is 10.4. The van der Waals surface area contributed by atoms with Crippen molar-refractivity contribution in [1.82, 2.24) is 0 Å². The summed E-state index contributed by atoms with van der Waals surface area (Å²) in [5.74, 6) is -0.151. The molecule has 46 heavy (non-hydrogen) atoms. The zero-order valence-corrected chi connectivity index (χ0v) is 25.8. The van der Waals surface area contributed by atoms with Gasteiger partial charge in [0.2, 0.25) is 0 Å². The largest absolute Gasteiger partial charge is 0.369 e. The number of carbonyl (C=O) groups is 1. The van der Waals surface area contributed by atoms with Gasteiger partial charge >= 0.3 is 0 Å². The maximum Gasteiger partial charge on any atom is 0.261 e. The zero-order chi connectivity index (χ0) is 31.0. The molecule has 1 amide bonds. The first-order chi connectivity index (χ1) is 22.4. The maximum atomic E-state index is 14.9. The second-order valence-electron chi connectivity index (χ2n) is 13.1. The van der Waals surface area contributed by atoms with E-state index in [-0.39, 0.29) is 5.91 Å². The Labute approximate surface area is 265 Å². The number of nitrogens with zero attached hydrogens (tertiary/aromatic N) is 1. The molecule has 0 spiro atoms. The molecule has 0 saturated carbocycles. The summed E-state index contributed by atoms with van der Waals surface area (Å²) in [7, 11) is 0. The predicted molar refractivity (Wildman–Crippen MR) is 191 cm³/mol. The van der Waals surface area contributed by atoms with Crippen LogP contribution in [0.3, 0.4) is 0 Å². The summed E-state index contributed by atoms with van der Waals surface area (Å²) in [6.07, 6.45) is -1.12. The van der Waals surface area contributed by atoms with E-state index >= 15 is 0 Å². The van der Waals surface area contributed by atoms with Crippen LogP contribution in [0.4, 0.5) is 5.69 Å². The fraction of sp³-hybridized carbons (Fsp3) is 0.0930. The average Bonchev–Trinajstić information content (AvgIpc) is 3.56. The van der Waals surface area contributed by atoms with E-state index in [9.17, 15) is 9.90 Å². The van der Waals surface area contributed by atoms with Crippen LogP contribution in [-0.4, -0.2) is 11.0 Å². The van der Waals surface area contributed by atoms with Crippen LogP contribution in [-0.2, 0) is 0 Å². The molecular formula is C43H29NO2. The van der Waals surface area contributed by atoms with E-state index in [1.165, 1.54) is 32.3 Å². The van der Waals surface area contributed by atoms with E-state index in [1.807, 2.05) is 26.0 Å². The second-order valence-corrected chi connectivity index (χ2v) is 13.1. The van der Waals surface area contributed by atoms with Crippen LogP contribution < -0.4 is 4.90 Å². The minimum atomic E-state index is -1.12. The number of amides is 1. The molecule has 1 aliphatic heterocycles. The van der Waals surface area contributed by atoms with Gasteiger partial charge in [-0.3, -0.25) is 9.69 Å². The number of aliphatic hydroxyl groups is 1. The van der Waals surface area contributed by atoms with Crippen molar-refractivity contribution in [2.75, 3.05) is 4.90 Å². The Hall–Kier alpha value is -5.51. The summed E-state index contributed by atoms with van der Waals surface area (Å²) in [6.45, 7) is 6.13. The van der Waals surface area contributed by atoms with Crippen molar-refractivity contribution in [3.63, 3.8) is 0 Å². The highest BCUT2D eigenvalue weighted by Gasteiger charge is 2.42. The molecule has 1 N–H and O–H groups in total.